The van der Waals surface area contributed by atoms with Gasteiger partial charge in [-0.25, -0.2) is 16.8 Å². The van der Waals surface area contributed by atoms with Crippen LogP contribution in [0.15, 0.2) is 82.8 Å². The third kappa shape index (κ3) is 4.02. The van der Waals surface area contributed by atoms with Crippen molar-refractivity contribution in [1.29, 1.82) is 0 Å². The van der Waals surface area contributed by atoms with Crippen molar-refractivity contribution in [1.82, 2.24) is 9.29 Å². The van der Waals surface area contributed by atoms with Crippen LogP contribution in [0.25, 0.3) is 0 Å². The lowest BCUT2D eigenvalue weighted by atomic mass is 10.0. The van der Waals surface area contributed by atoms with E-state index in [1.54, 1.807) is 48.5 Å². The molecule has 3 aromatic rings. The number of hydrogen-bond acceptors (Lipinski definition) is 5. The van der Waals surface area contributed by atoms with E-state index in [0.717, 1.165) is 11.1 Å². The Hall–Kier alpha value is -2.75. The normalized spacial score (nSPS) is 14.9. The van der Waals surface area contributed by atoms with Crippen LogP contribution in [-0.2, 0) is 33.0 Å². The van der Waals surface area contributed by atoms with Crippen LogP contribution < -0.4 is 4.72 Å². The molecule has 1 aliphatic rings. The van der Waals surface area contributed by atoms with E-state index >= 15 is 0 Å². The van der Waals surface area contributed by atoms with Gasteiger partial charge in [0.15, 0.2) is 0 Å². The van der Waals surface area contributed by atoms with E-state index in [-0.39, 0.29) is 16.3 Å². The number of fused-ring (bicyclic) bond motifs is 1. The minimum Gasteiger partial charge on any atom is -0.280 e. The van der Waals surface area contributed by atoms with Gasteiger partial charge in [-0.3, -0.25) is 9.71 Å². The second-order valence-corrected chi connectivity index (χ2v) is 10.3. The molecule has 0 atom stereocenters. The summed E-state index contributed by atoms with van der Waals surface area (Å²) in [5.41, 5.74) is 2.17. The quantitative estimate of drug-likeness (QED) is 0.673. The van der Waals surface area contributed by atoms with Gasteiger partial charge in [-0.2, -0.15) is 4.31 Å². The summed E-state index contributed by atoms with van der Waals surface area (Å²) in [5.74, 6) is 0. The molecule has 1 aliphatic heterocycles. The average Bonchev–Trinajstić information content (AvgIpc) is 2.74. The molecule has 0 fully saturated rings. The van der Waals surface area contributed by atoms with E-state index in [4.69, 9.17) is 0 Å². The molecule has 0 bridgehead atoms. The first-order chi connectivity index (χ1) is 13.9. The molecule has 9 heteroatoms. The molecule has 0 radical (unpaired) electrons. The highest BCUT2D eigenvalue weighted by atomic mass is 32.2. The molecule has 2 aromatic carbocycles. The summed E-state index contributed by atoms with van der Waals surface area (Å²) in [4.78, 5) is 4.14. The number of nitrogens with one attached hydrogen (secondary N) is 1. The molecule has 7 nitrogen and oxygen atoms in total. The monoisotopic (exact) mass is 429 g/mol. The summed E-state index contributed by atoms with van der Waals surface area (Å²) < 4.78 is 54.8. The van der Waals surface area contributed by atoms with Gasteiger partial charge in [0.05, 0.1) is 4.90 Å². The maximum absolute atomic E-state index is 12.9. The number of pyridine rings is 1. The van der Waals surface area contributed by atoms with Crippen LogP contribution in [0.3, 0.4) is 0 Å². The minimum atomic E-state index is -3.77. The van der Waals surface area contributed by atoms with Gasteiger partial charge in [0.1, 0.15) is 4.90 Å². The van der Waals surface area contributed by atoms with E-state index in [2.05, 4.69) is 9.71 Å². The zero-order valence-corrected chi connectivity index (χ0v) is 17.0. The molecule has 0 saturated carbocycles. The maximum Gasteiger partial charge on any atom is 0.263 e. The first kappa shape index (κ1) is 19.6. The Kier molecular flexibility index (Phi) is 5.12. The molecular formula is C20H19N3O4S2. The van der Waals surface area contributed by atoms with E-state index in [0.29, 0.717) is 18.7 Å². The minimum absolute atomic E-state index is 0.0611. The fourth-order valence-corrected chi connectivity index (χ4v) is 5.71. The van der Waals surface area contributed by atoms with Crippen molar-refractivity contribution in [2.45, 2.75) is 22.8 Å². The molecule has 0 aliphatic carbocycles. The average molecular weight is 430 g/mol. The van der Waals surface area contributed by atoms with Crippen LogP contribution in [0, 0.1) is 0 Å². The van der Waals surface area contributed by atoms with Crippen molar-refractivity contribution in [3.8, 4) is 0 Å². The van der Waals surface area contributed by atoms with Crippen LogP contribution in [0.5, 0.6) is 0 Å². The lowest BCUT2D eigenvalue weighted by Gasteiger charge is -2.28. The fourth-order valence-electron chi connectivity index (χ4n) is 3.26. The molecule has 2 heterocycles. The third-order valence-corrected chi connectivity index (χ3v) is 7.99. The summed E-state index contributed by atoms with van der Waals surface area (Å²) in [5, 5.41) is 0. The smallest absolute Gasteiger partial charge is 0.263 e. The Morgan fingerprint density at radius 1 is 0.862 bits per heavy atom. The third-order valence-electron chi connectivity index (χ3n) is 4.76. The number of nitrogens with zero attached hydrogens (tertiary/aromatic N) is 2. The Labute approximate surface area is 170 Å². The van der Waals surface area contributed by atoms with Crippen molar-refractivity contribution in [2.75, 3.05) is 11.3 Å². The van der Waals surface area contributed by atoms with E-state index in [1.807, 2.05) is 6.07 Å². The molecule has 150 valence electrons. The fraction of sp³-hybridized carbons (Fsp3) is 0.150. The zero-order chi connectivity index (χ0) is 20.5. The van der Waals surface area contributed by atoms with Crippen molar-refractivity contribution in [2.24, 2.45) is 0 Å². The lowest BCUT2D eigenvalue weighted by molar-refractivity contribution is 0.391. The highest BCUT2D eigenvalue weighted by Crippen LogP contribution is 2.27. The summed E-state index contributed by atoms with van der Waals surface area (Å²) >= 11 is 0. The van der Waals surface area contributed by atoms with Gasteiger partial charge in [-0.05, 0) is 53.9 Å². The molecule has 29 heavy (non-hydrogen) atoms. The number of aromatic nitrogens is 1. The van der Waals surface area contributed by atoms with Gasteiger partial charge < -0.3 is 0 Å². The van der Waals surface area contributed by atoms with Crippen molar-refractivity contribution >= 4 is 25.7 Å². The molecular weight excluding hydrogens is 410 g/mol. The molecule has 1 N–H and O–H groups in total. The molecule has 0 spiro atoms. The first-order valence-electron chi connectivity index (χ1n) is 8.96. The van der Waals surface area contributed by atoms with Crippen LogP contribution in [-0.4, -0.2) is 32.7 Å². The van der Waals surface area contributed by atoms with Crippen LogP contribution in [0.2, 0.25) is 0 Å². The summed E-state index contributed by atoms with van der Waals surface area (Å²) in [7, 11) is -7.38. The zero-order valence-electron chi connectivity index (χ0n) is 15.4. The Balaban J connectivity index is 1.59. The van der Waals surface area contributed by atoms with Gasteiger partial charge in [-0.1, -0.05) is 24.3 Å². The predicted molar refractivity (Wildman–Crippen MR) is 109 cm³/mol. The maximum atomic E-state index is 12.9. The highest BCUT2D eigenvalue weighted by molar-refractivity contribution is 7.92. The van der Waals surface area contributed by atoms with Gasteiger partial charge in [0, 0.05) is 31.2 Å². The number of sulfonamides is 2. The molecule has 4 rings (SSSR count). The second kappa shape index (κ2) is 7.58. The van der Waals surface area contributed by atoms with Crippen molar-refractivity contribution < 1.29 is 16.8 Å². The van der Waals surface area contributed by atoms with Crippen molar-refractivity contribution in [3.05, 3.63) is 84.2 Å². The van der Waals surface area contributed by atoms with E-state index < -0.39 is 20.0 Å². The number of rotatable bonds is 5. The van der Waals surface area contributed by atoms with Gasteiger partial charge in [0.25, 0.3) is 10.0 Å². The first-order valence-corrected chi connectivity index (χ1v) is 11.9. The van der Waals surface area contributed by atoms with Crippen LogP contribution in [0.4, 0.5) is 5.69 Å². The number of benzene rings is 2. The molecule has 0 saturated heterocycles. The van der Waals surface area contributed by atoms with Gasteiger partial charge >= 0.3 is 0 Å². The Morgan fingerprint density at radius 2 is 1.62 bits per heavy atom. The lowest BCUT2D eigenvalue weighted by Crippen LogP contribution is -2.36. The van der Waals surface area contributed by atoms with E-state index in [1.165, 1.54) is 22.8 Å². The van der Waals surface area contributed by atoms with Crippen molar-refractivity contribution in [3.63, 3.8) is 0 Å². The molecule has 1 aromatic heterocycles. The standard InChI is InChI=1S/C20H19N3O4S2/c24-28(25,20-7-4-11-21-14-20)22-18-9-8-16-10-12-23(15-17(16)13-18)29(26,27)19-5-2-1-3-6-19/h1-9,11,13-14,22H,10,12,15H2. The van der Waals surface area contributed by atoms with Gasteiger partial charge in [-0.15, -0.1) is 0 Å². The summed E-state index contributed by atoms with van der Waals surface area (Å²) in [6, 6.07) is 16.5. The Bertz CT molecular complexity index is 1230. The second-order valence-electron chi connectivity index (χ2n) is 6.68. The SMILES string of the molecule is O=S(=O)(Nc1ccc2c(c1)CN(S(=O)(=O)c1ccccc1)CC2)c1cccnc1. The van der Waals surface area contributed by atoms with Crippen LogP contribution >= 0.6 is 0 Å². The largest absolute Gasteiger partial charge is 0.280 e. The van der Waals surface area contributed by atoms with E-state index in [9.17, 15) is 16.8 Å². The topological polar surface area (TPSA) is 96.4 Å². The number of hydrogen-bond donors (Lipinski definition) is 1. The molecule has 0 amide bonds. The van der Waals surface area contributed by atoms with Gasteiger partial charge in [0.2, 0.25) is 10.0 Å². The summed E-state index contributed by atoms with van der Waals surface area (Å²) in [6.07, 6.45) is 3.34. The Morgan fingerprint density at radius 3 is 2.34 bits per heavy atom. The van der Waals surface area contributed by atoms with Crippen LogP contribution in [0.1, 0.15) is 11.1 Å². The summed E-state index contributed by atoms with van der Waals surface area (Å²) in [6.45, 7) is 0.569. The number of anilines is 1. The predicted octanol–water partition coefficient (Wildman–Crippen LogP) is 2.63. The highest BCUT2D eigenvalue weighted by Gasteiger charge is 2.28. The molecule has 0 unspecified atom stereocenters.